The van der Waals surface area contributed by atoms with Gasteiger partial charge in [0.2, 0.25) is 0 Å². The molecular formula is C11H21N3O. The molecule has 0 aliphatic heterocycles. The molecule has 1 N–H and O–H groups in total. The van der Waals surface area contributed by atoms with E-state index < -0.39 is 0 Å². The third-order valence-electron chi connectivity index (χ3n) is 2.82. The van der Waals surface area contributed by atoms with Crippen molar-refractivity contribution in [3.8, 4) is 0 Å². The first-order chi connectivity index (χ1) is 7.15. The van der Waals surface area contributed by atoms with E-state index >= 15 is 0 Å². The predicted molar refractivity (Wildman–Crippen MR) is 59.5 cm³/mol. The first kappa shape index (κ1) is 12.2. The van der Waals surface area contributed by atoms with Crippen LogP contribution in [0.25, 0.3) is 0 Å². The summed E-state index contributed by atoms with van der Waals surface area (Å²) in [6, 6.07) is 0. The number of rotatable bonds is 6. The van der Waals surface area contributed by atoms with Gasteiger partial charge < -0.3 is 5.11 Å². The summed E-state index contributed by atoms with van der Waals surface area (Å²) in [7, 11) is 0. The van der Waals surface area contributed by atoms with Crippen molar-refractivity contribution in [3.63, 3.8) is 0 Å². The molecule has 1 aromatic heterocycles. The molecule has 0 amide bonds. The third-order valence-corrected chi connectivity index (χ3v) is 2.82. The van der Waals surface area contributed by atoms with Crippen molar-refractivity contribution < 1.29 is 5.11 Å². The maximum Gasteiger partial charge on any atom is 0.138 e. The van der Waals surface area contributed by atoms with Crippen LogP contribution in [0.15, 0.2) is 6.33 Å². The molecule has 1 aromatic rings. The molecule has 1 unspecified atom stereocenters. The van der Waals surface area contributed by atoms with Gasteiger partial charge in [0.15, 0.2) is 0 Å². The Bertz CT molecular complexity index is 298. The van der Waals surface area contributed by atoms with Gasteiger partial charge in [0.25, 0.3) is 0 Å². The van der Waals surface area contributed by atoms with Crippen molar-refractivity contribution >= 4 is 0 Å². The zero-order valence-electron chi connectivity index (χ0n) is 9.90. The highest BCUT2D eigenvalue weighted by Gasteiger charge is 2.25. The summed E-state index contributed by atoms with van der Waals surface area (Å²) in [5.74, 6) is 0.975. The van der Waals surface area contributed by atoms with E-state index in [4.69, 9.17) is 0 Å². The van der Waals surface area contributed by atoms with E-state index in [0.29, 0.717) is 0 Å². The second-order valence-electron chi connectivity index (χ2n) is 4.39. The smallest absolute Gasteiger partial charge is 0.138 e. The number of aliphatic hydroxyl groups is 1. The van der Waals surface area contributed by atoms with Crippen LogP contribution in [0.4, 0.5) is 0 Å². The lowest BCUT2D eigenvalue weighted by Crippen LogP contribution is -2.26. The molecule has 15 heavy (non-hydrogen) atoms. The quantitative estimate of drug-likeness (QED) is 0.778. The minimum Gasteiger partial charge on any atom is -0.396 e. The molecule has 0 spiro atoms. The third kappa shape index (κ3) is 3.02. The highest BCUT2D eigenvalue weighted by Crippen LogP contribution is 2.26. The van der Waals surface area contributed by atoms with Gasteiger partial charge in [0, 0.05) is 19.6 Å². The molecule has 4 nitrogen and oxygen atoms in total. The lowest BCUT2D eigenvalue weighted by atomic mass is 9.83. The number of aryl methyl sites for hydroxylation is 1. The minimum atomic E-state index is -0.0608. The van der Waals surface area contributed by atoms with Crippen molar-refractivity contribution in [1.29, 1.82) is 0 Å². The van der Waals surface area contributed by atoms with Gasteiger partial charge in [-0.05, 0) is 18.8 Å². The maximum atomic E-state index is 9.42. The van der Waals surface area contributed by atoms with Crippen LogP contribution >= 0.6 is 0 Å². The molecule has 86 valence electrons. The van der Waals surface area contributed by atoms with Gasteiger partial charge in [-0.3, -0.25) is 4.68 Å². The van der Waals surface area contributed by atoms with E-state index in [0.717, 1.165) is 31.6 Å². The number of hydrogen-bond acceptors (Lipinski definition) is 3. The SMILES string of the molecule is CCCC(C)(CO)Cc1ncnn1CC. The van der Waals surface area contributed by atoms with Crippen molar-refractivity contribution in [1.82, 2.24) is 14.8 Å². The number of nitrogens with zero attached hydrogens (tertiary/aromatic N) is 3. The molecule has 0 fully saturated rings. The predicted octanol–water partition coefficient (Wildman–Crippen LogP) is 1.64. The summed E-state index contributed by atoms with van der Waals surface area (Å²) in [5, 5.41) is 13.6. The second kappa shape index (κ2) is 5.26. The van der Waals surface area contributed by atoms with Crippen LogP contribution in [0.1, 0.15) is 39.4 Å². The fourth-order valence-corrected chi connectivity index (χ4v) is 1.90. The van der Waals surface area contributed by atoms with E-state index in [9.17, 15) is 5.11 Å². The first-order valence-electron chi connectivity index (χ1n) is 5.62. The van der Waals surface area contributed by atoms with Gasteiger partial charge in [-0.2, -0.15) is 5.10 Å². The second-order valence-corrected chi connectivity index (χ2v) is 4.39. The lowest BCUT2D eigenvalue weighted by molar-refractivity contribution is 0.128. The Balaban J connectivity index is 2.74. The van der Waals surface area contributed by atoms with Crippen LogP contribution in [-0.4, -0.2) is 26.5 Å². The molecule has 1 heterocycles. The van der Waals surface area contributed by atoms with Gasteiger partial charge in [-0.15, -0.1) is 0 Å². The van der Waals surface area contributed by atoms with Gasteiger partial charge in [-0.25, -0.2) is 4.98 Å². The monoisotopic (exact) mass is 211 g/mol. The van der Waals surface area contributed by atoms with Crippen molar-refractivity contribution in [2.24, 2.45) is 5.41 Å². The topological polar surface area (TPSA) is 50.9 Å². The summed E-state index contributed by atoms with van der Waals surface area (Å²) in [6.45, 7) is 7.33. The molecule has 0 aromatic carbocycles. The van der Waals surface area contributed by atoms with Crippen LogP contribution in [0, 0.1) is 5.41 Å². The summed E-state index contributed by atoms with van der Waals surface area (Å²) >= 11 is 0. The molecule has 0 aliphatic carbocycles. The zero-order chi connectivity index (χ0) is 11.3. The van der Waals surface area contributed by atoms with Gasteiger partial charge >= 0.3 is 0 Å². The maximum absolute atomic E-state index is 9.42. The van der Waals surface area contributed by atoms with Gasteiger partial charge in [-0.1, -0.05) is 20.3 Å². The highest BCUT2D eigenvalue weighted by molar-refractivity contribution is 4.92. The Hall–Kier alpha value is -0.900. The fraction of sp³-hybridized carbons (Fsp3) is 0.818. The normalized spacial score (nSPS) is 15.2. The molecule has 0 radical (unpaired) electrons. The standard InChI is InChI=1S/C11H21N3O/c1-4-6-11(3,8-15)7-10-12-9-13-14(10)5-2/h9,15H,4-8H2,1-3H3. The van der Waals surface area contributed by atoms with E-state index in [2.05, 4.69) is 23.9 Å². The molecule has 0 saturated heterocycles. The number of aliphatic hydroxyl groups excluding tert-OH is 1. The number of aromatic nitrogens is 3. The molecule has 1 rings (SSSR count). The van der Waals surface area contributed by atoms with Crippen molar-refractivity contribution in [3.05, 3.63) is 12.2 Å². The average molecular weight is 211 g/mol. The van der Waals surface area contributed by atoms with E-state index in [1.165, 1.54) is 0 Å². The van der Waals surface area contributed by atoms with Gasteiger partial charge in [0.05, 0.1) is 0 Å². The Kier molecular flexibility index (Phi) is 4.27. The van der Waals surface area contributed by atoms with E-state index in [-0.39, 0.29) is 12.0 Å². The highest BCUT2D eigenvalue weighted by atomic mass is 16.3. The Labute approximate surface area is 91.3 Å². The van der Waals surface area contributed by atoms with Crippen molar-refractivity contribution in [2.75, 3.05) is 6.61 Å². The van der Waals surface area contributed by atoms with Crippen LogP contribution in [0.5, 0.6) is 0 Å². The van der Waals surface area contributed by atoms with E-state index in [1.54, 1.807) is 6.33 Å². The molecule has 0 bridgehead atoms. The number of hydrogen-bond donors (Lipinski definition) is 1. The molecule has 0 saturated carbocycles. The Morgan fingerprint density at radius 3 is 2.73 bits per heavy atom. The van der Waals surface area contributed by atoms with Gasteiger partial charge in [0.1, 0.15) is 12.2 Å². The molecule has 4 heteroatoms. The van der Waals surface area contributed by atoms with Crippen LogP contribution in [-0.2, 0) is 13.0 Å². The Morgan fingerprint density at radius 2 is 2.20 bits per heavy atom. The first-order valence-corrected chi connectivity index (χ1v) is 5.62. The van der Waals surface area contributed by atoms with Crippen LogP contribution < -0.4 is 0 Å². The molecule has 0 aliphatic rings. The zero-order valence-corrected chi connectivity index (χ0v) is 9.90. The molecular weight excluding hydrogens is 190 g/mol. The van der Waals surface area contributed by atoms with Crippen molar-refractivity contribution in [2.45, 2.75) is 46.6 Å². The summed E-state index contributed by atoms with van der Waals surface area (Å²) in [5.41, 5.74) is -0.0608. The lowest BCUT2D eigenvalue weighted by Gasteiger charge is -2.26. The summed E-state index contributed by atoms with van der Waals surface area (Å²) < 4.78 is 1.89. The fourth-order valence-electron chi connectivity index (χ4n) is 1.90. The summed E-state index contributed by atoms with van der Waals surface area (Å²) in [4.78, 5) is 4.24. The van der Waals surface area contributed by atoms with E-state index in [1.807, 2.05) is 11.6 Å². The Morgan fingerprint density at radius 1 is 1.47 bits per heavy atom. The largest absolute Gasteiger partial charge is 0.396 e. The average Bonchev–Trinajstić information content (AvgIpc) is 2.65. The minimum absolute atomic E-state index is 0.0608. The van der Waals surface area contributed by atoms with Crippen LogP contribution in [0.3, 0.4) is 0 Å². The summed E-state index contributed by atoms with van der Waals surface area (Å²) in [6.07, 6.45) is 4.48. The molecule has 1 atom stereocenters. The van der Waals surface area contributed by atoms with Crippen LogP contribution in [0.2, 0.25) is 0 Å².